The lowest BCUT2D eigenvalue weighted by Gasteiger charge is -2.19. The van der Waals surface area contributed by atoms with Crippen LogP contribution in [0.15, 0.2) is 47.6 Å². The Bertz CT molecular complexity index is 346. The van der Waals surface area contributed by atoms with Gasteiger partial charge in [-0.15, -0.1) is 0 Å². The summed E-state index contributed by atoms with van der Waals surface area (Å²) in [6, 6.07) is 10.2. The number of hydrazone groups is 1. The summed E-state index contributed by atoms with van der Waals surface area (Å²) in [5, 5.41) is 6.65. The number of para-hydroxylation sites is 1. The Labute approximate surface area is 88.3 Å². The quantitative estimate of drug-likeness (QED) is 0.688. The molecule has 0 radical (unpaired) electrons. The molecule has 1 aromatic carbocycles. The summed E-state index contributed by atoms with van der Waals surface area (Å²) in [6.07, 6.45) is 4.20. The third-order valence-corrected chi connectivity index (χ3v) is 2.84. The molecular formula is C11H12N2S. The zero-order chi connectivity index (χ0) is 9.80. The van der Waals surface area contributed by atoms with Crippen LogP contribution in [0.1, 0.15) is 6.92 Å². The van der Waals surface area contributed by atoms with Gasteiger partial charge >= 0.3 is 0 Å². The van der Waals surface area contributed by atoms with E-state index in [9.17, 15) is 0 Å². The van der Waals surface area contributed by atoms with Crippen LogP contribution in [-0.4, -0.2) is 10.9 Å². The van der Waals surface area contributed by atoms with E-state index >= 15 is 0 Å². The van der Waals surface area contributed by atoms with Crippen molar-refractivity contribution < 1.29 is 0 Å². The molecule has 1 heterocycles. The molecule has 3 heteroatoms. The van der Waals surface area contributed by atoms with Crippen LogP contribution in [0.3, 0.4) is 0 Å². The minimum absolute atomic E-state index is 0.308. The summed E-state index contributed by atoms with van der Waals surface area (Å²) in [6.45, 7) is 2.03. The largest absolute Gasteiger partial charge is 0.248 e. The van der Waals surface area contributed by atoms with Crippen LogP contribution in [0.4, 0.5) is 5.69 Å². The second kappa shape index (κ2) is 4.33. The van der Waals surface area contributed by atoms with Gasteiger partial charge in [0.2, 0.25) is 0 Å². The molecule has 1 atom stereocenters. The number of hydrogen-bond donors (Lipinski definition) is 0. The van der Waals surface area contributed by atoms with E-state index in [-0.39, 0.29) is 0 Å². The Balaban J connectivity index is 2.21. The highest BCUT2D eigenvalue weighted by Gasteiger charge is 2.19. The summed E-state index contributed by atoms with van der Waals surface area (Å²) in [4.78, 5) is 0. The van der Waals surface area contributed by atoms with E-state index in [1.165, 1.54) is 0 Å². The molecule has 2 rings (SSSR count). The maximum atomic E-state index is 4.33. The lowest BCUT2D eigenvalue weighted by molar-refractivity contribution is 0.918. The van der Waals surface area contributed by atoms with Gasteiger partial charge in [-0.1, -0.05) is 42.1 Å². The number of rotatable bonds is 2. The van der Waals surface area contributed by atoms with E-state index in [0.717, 1.165) is 5.69 Å². The SMILES string of the molecule is C/C=C/C1SC=NN1c1ccccc1. The van der Waals surface area contributed by atoms with Crippen LogP contribution in [0.25, 0.3) is 0 Å². The van der Waals surface area contributed by atoms with Crippen molar-refractivity contribution >= 4 is 23.0 Å². The van der Waals surface area contributed by atoms with Crippen molar-refractivity contribution in [3.8, 4) is 0 Å². The molecule has 0 spiro atoms. The molecule has 0 fully saturated rings. The molecular weight excluding hydrogens is 192 g/mol. The summed E-state index contributed by atoms with van der Waals surface area (Å²) in [5.74, 6) is 0. The number of nitrogens with zero attached hydrogens (tertiary/aromatic N) is 2. The molecule has 0 aliphatic carbocycles. The molecule has 72 valence electrons. The maximum Gasteiger partial charge on any atom is 0.121 e. The van der Waals surface area contributed by atoms with E-state index in [4.69, 9.17) is 0 Å². The van der Waals surface area contributed by atoms with E-state index in [2.05, 4.69) is 29.4 Å². The predicted octanol–water partition coefficient (Wildman–Crippen LogP) is 3.09. The van der Waals surface area contributed by atoms with Crippen LogP contribution in [0.5, 0.6) is 0 Å². The van der Waals surface area contributed by atoms with Gasteiger partial charge < -0.3 is 0 Å². The van der Waals surface area contributed by atoms with Crippen LogP contribution in [0, 0.1) is 0 Å². The normalized spacial score (nSPS) is 20.9. The fourth-order valence-corrected chi connectivity index (χ4v) is 2.17. The first kappa shape index (κ1) is 9.34. The van der Waals surface area contributed by atoms with Crippen molar-refractivity contribution in [2.24, 2.45) is 5.10 Å². The van der Waals surface area contributed by atoms with E-state index in [0.29, 0.717) is 5.37 Å². The summed E-state index contributed by atoms with van der Waals surface area (Å²) in [7, 11) is 0. The van der Waals surface area contributed by atoms with Crippen LogP contribution < -0.4 is 5.01 Å². The molecule has 1 unspecified atom stereocenters. The molecule has 0 bridgehead atoms. The Morgan fingerprint density at radius 3 is 2.86 bits per heavy atom. The Morgan fingerprint density at radius 2 is 2.14 bits per heavy atom. The number of thioether (sulfide) groups is 1. The second-order valence-electron chi connectivity index (χ2n) is 2.95. The maximum absolute atomic E-state index is 4.33. The molecule has 0 N–H and O–H groups in total. The Kier molecular flexibility index (Phi) is 2.89. The van der Waals surface area contributed by atoms with Crippen molar-refractivity contribution in [3.05, 3.63) is 42.5 Å². The average Bonchev–Trinajstić information content (AvgIpc) is 2.68. The molecule has 1 aromatic rings. The highest BCUT2D eigenvalue weighted by Crippen LogP contribution is 2.28. The Hall–Kier alpha value is -1.22. The molecule has 2 nitrogen and oxygen atoms in total. The lowest BCUT2D eigenvalue weighted by atomic mass is 10.3. The van der Waals surface area contributed by atoms with Crippen LogP contribution in [-0.2, 0) is 0 Å². The van der Waals surface area contributed by atoms with Gasteiger partial charge in [0.15, 0.2) is 0 Å². The highest BCUT2D eigenvalue weighted by molar-refractivity contribution is 8.13. The van der Waals surface area contributed by atoms with E-state index < -0.39 is 0 Å². The molecule has 0 amide bonds. The zero-order valence-corrected chi connectivity index (χ0v) is 8.82. The van der Waals surface area contributed by atoms with Gasteiger partial charge in [0, 0.05) is 0 Å². The first-order valence-corrected chi connectivity index (χ1v) is 5.51. The Morgan fingerprint density at radius 1 is 1.36 bits per heavy atom. The fourth-order valence-electron chi connectivity index (χ4n) is 1.35. The van der Waals surface area contributed by atoms with Crippen molar-refractivity contribution in [2.45, 2.75) is 12.3 Å². The van der Waals surface area contributed by atoms with Gasteiger partial charge in [-0.3, -0.25) is 0 Å². The third kappa shape index (κ3) is 1.82. The van der Waals surface area contributed by atoms with Crippen molar-refractivity contribution in [3.63, 3.8) is 0 Å². The van der Waals surface area contributed by atoms with Gasteiger partial charge in [-0.2, -0.15) is 5.10 Å². The van der Waals surface area contributed by atoms with Crippen molar-refractivity contribution in [2.75, 3.05) is 5.01 Å². The number of hydrogen-bond acceptors (Lipinski definition) is 3. The molecule has 14 heavy (non-hydrogen) atoms. The van der Waals surface area contributed by atoms with Gasteiger partial charge in [0.1, 0.15) is 5.37 Å². The summed E-state index contributed by atoms with van der Waals surface area (Å²) < 4.78 is 0. The summed E-state index contributed by atoms with van der Waals surface area (Å²) in [5.41, 5.74) is 3.02. The average molecular weight is 204 g/mol. The van der Waals surface area contributed by atoms with E-state index in [1.807, 2.05) is 35.7 Å². The highest BCUT2D eigenvalue weighted by atomic mass is 32.2. The fraction of sp³-hybridized carbons (Fsp3) is 0.182. The molecule has 0 aromatic heterocycles. The van der Waals surface area contributed by atoms with Gasteiger partial charge in [-0.25, -0.2) is 5.01 Å². The smallest absolute Gasteiger partial charge is 0.121 e. The summed E-state index contributed by atoms with van der Waals surface area (Å²) >= 11 is 1.72. The topological polar surface area (TPSA) is 15.6 Å². The van der Waals surface area contributed by atoms with Crippen molar-refractivity contribution in [1.29, 1.82) is 0 Å². The van der Waals surface area contributed by atoms with Gasteiger partial charge in [-0.05, 0) is 19.1 Å². The van der Waals surface area contributed by atoms with E-state index in [1.54, 1.807) is 11.8 Å². The van der Waals surface area contributed by atoms with Gasteiger partial charge in [0.05, 0.1) is 11.2 Å². The predicted molar refractivity (Wildman–Crippen MR) is 63.6 cm³/mol. The zero-order valence-electron chi connectivity index (χ0n) is 8.00. The lowest BCUT2D eigenvalue weighted by Crippen LogP contribution is -2.21. The first-order chi connectivity index (χ1) is 6.92. The standard InChI is InChI=1S/C11H12N2S/c1-2-6-11-13(12-9-14-11)10-7-4-3-5-8-10/h2-9,11H,1H3/b6-2+. The number of allylic oxidation sites excluding steroid dienone is 1. The molecule has 1 aliphatic heterocycles. The number of benzene rings is 1. The van der Waals surface area contributed by atoms with Crippen molar-refractivity contribution in [1.82, 2.24) is 0 Å². The number of anilines is 1. The third-order valence-electron chi connectivity index (χ3n) is 1.99. The first-order valence-electron chi connectivity index (χ1n) is 4.57. The van der Waals surface area contributed by atoms with Crippen LogP contribution >= 0.6 is 11.8 Å². The van der Waals surface area contributed by atoms with Crippen LogP contribution in [0.2, 0.25) is 0 Å². The molecule has 1 aliphatic rings. The molecule has 0 saturated carbocycles. The minimum atomic E-state index is 0.308. The second-order valence-corrected chi connectivity index (χ2v) is 3.92. The minimum Gasteiger partial charge on any atom is -0.248 e. The molecule has 0 saturated heterocycles. The monoisotopic (exact) mass is 204 g/mol. The van der Waals surface area contributed by atoms with Gasteiger partial charge in [0.25, 0.3) is 0 Å².